The van der Waals surface area contributed by atoms with Crippen molar-refractivity contribution in [2.75, 3.05) is 44.4 Å². The van der Waals surface area contributed by atoms with Gasteiger partial charge in [-0.3, -0.25) is 0 Å². The second kappa shape index (κ2) is 8.17. The molecule has 0 radical (unpaired) electrons. The van der Waals surface area contributed by atoms with Crippen LogP contribution in [0.3, 0.4) is 0 Å². The maximum Gasteiger partial charge on any atom is 0.296 e. The quantitative estimate of drug-likeness (QED) is 0.612. The standard InChI is InChI=1S/C22H23ClN4O5/c23-14-9-15-21(26-22(24-15)32-17-11-31-19-16(28)10-30-20(17)19)25-18(14)12-1-3-13(4-2-12)27-5-7-29-8-6-27/h1-4,9,16-17,19-20,28H,5-8,10-11H2,(H,24,25,26)/t16-,17-,19-,20-/m1/s1. The summed E-state index contributed by atoms with van der Waals surface area (Å²) in [6.45, 7) is 3.85. The number of anilines is 1. The molecule has 3 aliphatic rings. The van der Waals surface area contributed by atoms with E-state index in [1.54, 1.807) is 6.07 Å². The number of fused-ring (bicyclic) bond motifs is 2. The molecule has 0 unspecified atom stereocenters. The van der Waals surface area contributed by atoms with Crippen molar-refractivity contribution in [1.29, 1.82) is 0 Å². The number of aromatic amines is 1. The monoisotopic (exact) mass is 458 g/mol. The predicted octanol–water partition coefficient (Wildman–Crippen LogP) is 2.02. The van der Waals surface area contributed by atoms with Crippen LogP contribution in [0.4, 0.5) is 5.69 Å². The van der Waals surface area contributed by atoms with Crippen LogP contribution >= 0.6 is 11.6 Å². The number of aliphatic hydroxyl groups is 1. The van der Waals surface area contributed by atoms with Crippen LogP contribution in [0.5, 0.6) is 6.01 Å². The van der Waals surface area contributed by atoms with Crippen molar-refractivity contribution in [3.63, 3.8) is 0 Å². The third-order valence-electron chi connectivity index (χ3n) is 6.17. The van der Waals surface area contributed by atoms with Crippen LogP contribution in [-0.4, -0.2) is 84.0 Å². The van der Waals surface area contributed by atoms with E-state index in [0.29, 0.717) is 34.5 Å². The van der Waals surface area contributed by atoms with Crippen molar-refractivity contribution in [3.8, 4) is 17.3 Å². The number of rotatable bonds is 4. The zero-order valence-electron chi connectivity index (χ0n) is 17.2. The molecule has 0 aliphatic carbocycles. The molecular formula is C22H23ClN4O5. The lowest BCUT2D eigenvalue weighted by Gasteiger charge is -2.28. The molecule has 10 heteroatoms. The Labute approximate surface area is 189 Å². The van der Waals surface area contributed by atoms with Gasteiger partial charge in [0.1, 0.15) is 18.3 Å². The molecule has 4 atom stereocenters. The number of nitrogens with zero attached hydrogens (tertiary/aromatic N) is 3. The number of hydrogen-bond acceptors (Lipinski definition) is 8. The van der Waals surface area contributed by atoms with E-state index >= 15 is 0 Å². The molecule has 6 rings (SSSR count). The molecular weight excluding hydrogens is 436 g/mol. The van der Waals surface area contributed by atoms with Gasteiger partial charge in [0.25, 0.3) is 6.01 Å². The topological polar surface area (TPSA) is 102 Å². The minimum absolute atomic E-state index is 0.250. The first kappa shape index (κ1) is 20.2. The van der Waals surface area contributed by atoms with Gasteiger partial charge >= 0.3 is 0 Å². The Hall–Kier alpha value is -2.43. The highest BCUT2D eigenvalue weighted by Crippen LogP contribution is 2.32. The second-order valence-electron chi connectivity index (χ2n) is 8.20. The number of halogens is 1. The largest absolute Gasteiger partial charge is 0.456 e. The smallest absolute Gasteiger partial charge is 0.296 e. The molecule has 2 aromatic heterocycles. The Bertz CT molecular complexity index is 1120. The van der Waals surface area contributed by atoms with E-state index in [-0.39, 0.29) is 24.9 Å². The molecule has 0 spiro atoms. The summed E-state index contributed by atoms with van der Waals surface area (Å²) in [5.74, 6) is 0. The van der Waals surface area contributed by atoms with Crippen LogP contribution in [-0.2, 0) is 14.2 Å². The summed E-state index contributed by atoms with van der Waals surface area (Å²) in [6, 6.07) is 10.3. The van der Waals surface area contributed by atoms with Gasteiger partial charge in [0.05, 0.1) is 42.7 Å². The van der Waals surface area contributed by atoms with E-state index in [9.17, 15) is 5.11 Å². The molecule has 3 fully saturated rings. The summed E-state index contributed by atoms with van der Waals surface area (Å²) in [7, 11) is 0. The van der Waals surface area contributed by atoms with Gasteiger partial charge in [-0.1, -0.05) is 23.7 Å². The number of morpholine rings is 1. The maximum atomic E-state index is 9.90. The molecule has 5 heterocycles. The number of aromatic nitrogens is 3. The van der Waals surface area contributed by atoms with Gasteiger partial charge < -0.3 is 33.9 Å². The molecule has 0 saturated carbocycles. The molecule has 9 nitrogen and oxygen atoms in total. The number of nitrogens with one attached hydrogen (secondary N) is 1. The zero-order valence-corrected chi connectivity index (χ0v) is 18.0. The van der Waals surface area contributed by atoms with Gasteiger partial charge in [-0.2, -0.15) is 4.98 Å². The van der Waals surface area contributed by atoms with Crippen molar-refractivity contribution in [3.05, 3.63) is 35.4 Å². The van der Waals surface area contributed by atoms with Crippen molar-refractivity contribution < 1.29 is 24.1 Å². The Morgan fingerprint density at radius 2 is 1.84 bits per heavy atom. The van der Waals surface area contributed by atoms with Gasteiger partial charge in [0.15, 0.2) is 11.8 Å². The van der Waals surface area contributed by atoms with Crippen LogP contribution in [0, 0.1) is 0 Å². The van der Waals surface area contributed by atoms with Crippen molar-refractivity contribution >= 4 is 28.5 Å². The number of pyridine rings is 1. The Morgan fingerprint density at radius 3 is 2.66 bits per heavy atom. The molecule has 3 saturated heterocycles. The first-order chi connectivity index (χ1) is 15.7. The van der Waals surface area contributed by atoms with E-state index < -0.39 is 6.10 Å². The van der Waals surface area contributed by atoms with Gasteiger partial charge in [0, 0.05) is 24.3 Å². The molecule has 3 aromatic rings. The summed E-state index contributed by atoms with van der Waals surface area (Å²) in [6.07, 6.45) is -1.64. The van der Waals surface area contributed by atoms with E-state index in [4.69, 9.17) is 30.5 Å². The van der Waals surface area contributed by atoms with Crippen molar-refractivity contribution in [2.24, 2.45) is 0 Å². The molecule has 3 aliphatic heterocycles. The Kier molecular flexibility index (Phi) is 5.15. The summed E-state index contributed by atoms with van der Waals surface area (Å²) >= 11 is 6.55. The highest BCUT2D eigenvalue weighted by Gasteiger charge is 2.48. The number of hydrogen-bond donors (Lipinski definition) is 2. The molecule has 0 amide bonds. The number of imidazole rings is 1. The fourth-order valence-electron chi connectivity index (χ4n) is 4.49. The predicted molar refractivity (Wildman–Crippen MR) is 117 cm³/mol. The molecule has 32 heavy (non-hydrogen) atoms. The lowest BCUT2D eigenvalue weighted by atomic mass is 10.1. The lowest BCUT2D eigenvalue weighted by Crippen LogP contribution is -2.36. The third kappa shape index (κ3) is 3.60. The SMILES string of the molecule is O[C@@H]1CO[C@H]2[C@@H]1OC[C@H]2Oc1nc2nc(-c3ccc(N4CCOCC4)cc3)c(Cl)cc2[nH]1. The normalized spacial score (nSPS) is 27.8. The average molecular weight is 459 g/mol. The molecule has 1 aromatic carbocycles. The minimum atomic E-state index is -0.623. The van der Waals surface area contributed by atoms with Gasteiger partial charge in [-0.15, -0.1) is 0 Å². The molecule has 0 bridgehead atoms. The number of ether oxygens (including phenoxy) is 4. The number of benzene rings is 1. The first-order valence-electron chi connectivity index (χ1n) is 10.7. The third-order valence-corrected chi connectivity index (χ3v) is 6.45. The summed E-state index contributed by atoms with van der Waals surface area (Å²) in [5, 5.41) is 10.4. The summed E-state index contributed by atoms with van der Waals surface area (Å²) < 4.78 is 22.6. The van der Waals surface area contributed by atoms with Gasteiger partial charge in [0.2, 0.25) is 0 Å². The lowest BCUT2D eigenvalue weighted by molar-refractivity contribution is 0.00706. The van der Waals surface area contributed by atoms with E-state index in [1.165, 1.54) is 0 Å². The van der Waals surface area contributed by atoms with Crippen LogP contribution in [0.15, 0.2) is 30.3 Å². The van der Waals surface area contributed by atoms with Crippen LogP contribution in [0.1, 0.15) is 0 Å². The number of H-pyrrole nitrogens is 1. The highest BCUT2D eigenvalue weighted by atomic mass is 35.5. The fraction of sp³-hybridized carbons (Fsp3) is 0.455. The average Bonchev–Trinajstić information content (AvgIpc) is 3.51. The van der Waals surface area contributed by atoms with Crippen LogP contribution < -0.4 is 9.64 Å². The van der Waals surface area contributed by atoms with Crippen LogP contribution in [0.2, 0.25) is 5.02 Å². The fourth-order valence-corrected chi connectivity index (χ4v) is 4.75. The van der Waals surface area contributed by atoms with Gasteiger partial charge in [-0.25, -0.2) is 4.98 Å². The van der Waals surface area contributed by atoms with E-state index in [1.807, 2.05) is 12.1 Å². The number of aliphatic hydroxyl groups excluding tert-OH is 1. The van der Waals surface area contributed by atoms with E-state index in [0.717, 1.165) is 37.6 Å². The summed E-state index contributed by atoms with van der Waals surface area (Å²) in [5.41, 5.74) is 3.93. The molecule has 168 valence electrons. The van der Waals surface area contributed by atoms with Crippen molar-refractivity contribution in [2.45, 2.75) is 24.4 Å². The zero-order chi connectivity index (χ0) is 21.7. The minimum Gasteiger partial charge on any atom is -0.456 e. The van der Waals surface area contributed by atoms with Crippen molar-refractivity contribution in [1.82, 2.24) is 15.0 Å². The summed E-state index contributed by atoms with van der Waals surface area (Å²) in [4.78, 5) is 14.6. The van der Waals surface area contributed by atoms with Gasteiger partial charge in [-0.05, 0) is 18.2 Å². The molecule has 2 N–H and O–H groups in total. The highest BCUT2D eigenvalue weighted by molar-refractivity contribution is 6.33. The van der Waals surface area contributed by atoms with E-state index in [2.05, 4.69) is 32.0 Å². The Morgan fingerprint density at radius 1 is 1.06 bits per heavy atom. The maximum absolute atomic E-state index is 9.90. The van der Waals surface area contributed by atoms with Crippen LogP contribution in [0.25, 0.3) is 22.4 Å². The Balaban J connectivity index is 1.23. The second-order valence-corrected chi connectivity index (χ2v) is 8.60. The first-order valence-corrected chi connectivity index (χ1v) is 11.1.